The van der Waals surface area contributed by atoms with E-state index in [4.69, 9.17) is 4.74 Å². The van der Waals surface area contributed by atoms with Gasteiger partial charge < -0.3 is 4.74 Å². The lowest BCUT2D eigenvalue weighted by Crippen LogP contribution is -2.41. The summed E-state index contributed by atoms with van der Waals surface area (Å²) in [6.45, 7) is 12.0. The molecule has 1 aliphatic rings. The quantitative estimate of drug-likeness (QED) is 0.652. The first-order chi connectivity index (χ1) is 5.31. The number of rotatable bonds is 1. The third-order valence-electron chi connectivity index (χ3n) is 2.09. The van der Waals surface area contributed by atoms with E-state index < -0.39 is 0 Å². The van der Waals surface area contributed by atoms with E-state index in [1.807, 2.05) is 0 Å². The Balaban J connectivity index is 2.51. The van der Waals surface area contributed by atoms with Crippen LogP contribution in [0.1, 0.15) is 41.0 Å². The third kappa shape index (κ3) is 2.76. The van der Waals surface area contributed by atoms with Crippen LogP contribution in [0.25, 0.3) is 0 Å². The van der Waals surface area contributed by atoms with E-state index in [-0.39, 0.29) is 5.72 Å². The first-order valence-electron chi connectivity index (χ1n) is 4.74. The Morgan fingerprint density at radius 2 is 2.08 bits per heavy atom. The molecule has 12 heavy (non-hydrogen) atoms. The van der Waals surface area contributed by atoms with Crippen molar-refractivity contribution < 1.29 is 4.74 Å². The van der Waals surface area contributed by atoms with Crippen LogP contribution in [0.2, 0.25) is 0 Å². The molecule has 72 valence electrons. The van der Waals surface area contributed by atoms with Crippen molar-refractivity contribution in [1.82, 2.24) is 5.32 Å². The van der Waals surface area contributed by atoms with Crippen LogP contribution in [-0.2, 0) is 4.74 Å². The van der Waals surface area contributed by atoms with E-state index in [0.29, 0.717) is 11.5 Å². The first-order valence-corrected chi connectivity index (χ1v) is 4.74. The molecule has 2 atom stereocenters. The van der Waals surface area contributed by atoms with E-state index in [0.717, 1.165) is 13.0 Å². The summed E-state index contributed by atoms with van der Waals surface area (Å²) in [7, 11) is 0. The van der Waals surface area contributed by atoms with Crippen LogP contribution in [0.4, 0.5) is 0 Å². The molecule has 1 N–H and O–H groups in total. The van der Waals surface area contributed by atoms with Crippen LogP contribution in [0.3, 0.4) is 0 Å². The SMILES string of the molecule is CC1CNC(C)(CC(C)(C)C)O1. The average molecular weight is 171 g/mol. The summed E-state index contributed by atoms with van der Waals surface area (Å²) in [5.41, 5.74) is 0.226. The van der Waals surface area contributed by atoms with Crippen LogP contribution in [0.15, 0.2) is 0 Å². The highest BCUT2D eigenvalue weighted by Crippen LogP contribution is 2.31. The van der Waals surface area contributed by atoms with Gasteiger partial charge in [-0.05, 0) is 25.7 Å². The highest BCUT2D eigenvalue weighted by Gasteiger charge is 2.36. The fourth-order valence-corrected chi connectivity index (χ4v) is 2.00. The Kier molecular flexibility index (Phi) is 2.50. The molecule has 0 amide bonds. The predicted octanol–water partition coefficient (Wildman–Crippen LogP) is 2.15. The average Bonchev–Trinajstić information content (AvgIpc) is 2.05. The number of nitrogens with one attached hydrogen (secondary N) is 1. The molecule has 0 aliphatic carbocycles. The second-order valence-corrected chi connectivity index (χ2v) is 5.28. The maximum atomic E-state index is 5.81. The molecule has 1 heterocycles. The van der Waals surface area contributed by atoms with Crippen molar-refractivity contribution in [1.29, 1.82) is 0 Å². The molecule has 0 aromatic rings. The molecule has 1 saturated heterocycles. The molecule has 1 aliphatic heterocycles. The minimum absolute atomic E-state index is 0.0995. The van der Waals surface area contributed by atoms with Crippen LogP contribution >= 0.6 is 0 Å². The maximum absolute atomic E-state index is 5.81. The van der Waals surface area contributed by atoms with Crippen molar-refractivity contribution in [2.75, 3.05) is 6.54 Å². The summed E-state index contributed by atoms with van der Waals surface area (Å²) in [6.07, 6.45) is 1.42. The van der Waals surface area contributed by atoms with E-state index in [9.17, 15) is 0 Å². The van der Waals surface area contributed by atoms with Crippen LogP contribution in [0, 0.1) is 5.41 Å². The Hall–Kier alpha value is -0.0800. The van der Waals surface area contributed by atoms with Crippen LogP contribution in [0.5, 0.6) is 0 Å². The zero-order valence-corrected chi connectivity index (χ0v) is 8.90. The molecule has 0 saturated carbocycles. The Labute approximate surface area is 75.7 Å². The molecule has 2 heteroatoms. The van der Waals surface area contributed by atoms with Gasteiger partial charge in [0.15, 0.2) is 0 Å². The molecule has 2 nitrogen and oxygen atoms in total. The summed E-state index contributed by atoms with van der Waals surface area (Å²) < 4.78 is 5.81. The molecule has 1 fully saturated rings. The van der Waals surface area contributed by atoms with Crippen molar-refractivity contribution in [3.05, 3.63) is 0 Å². The van der Waals surface area contributed by atoms with Gasteiger partial charge in [-0.15, -0.1) is 0 Å². The van der Waals surface area contributed by atoms with Gasteiger partial charge in [-0.2, -0.15) is 0 Å². The predicted molar refractivity (Wildman–Crippen MR) is 51.0 cm³/mol. The lowest BCUT2D eigenvalue weighted by molar-refractivity contribution is -0.0544. The smallest absolute Gasteiger partial charge is 0.117 e. The van der Waals surface area contributed by atoms with Gasteiger partial charge in [-0.3, -0.25) is 5.32 Å². The highest BCUT2D eigenvalue weighted by atomic mass is 16.5. The molecular formula is C10H21NO. The highest BCUT2D eigenvalue weighted by molar-refractivity contribution is 4.85. The largest absolute Gasteiger partial charge is 0.357 e. The number of hydrogen-bond acceptors (Lipinski definition) is 2. The van der Waals surface area contributed by atoms with Crippen molar-refractivity contribution in [3.63, 3.8) is 0 Å². The van der Waals surface area contributed by atoms with Gasteiger partial charge in [-0.1, -0.05) is 20.8 Å². The lowest BCUT2D eigenvalue weighted by atomic mass is 9.87. The standard InChI is InChI=1S/C10H21NO/c1-8-6-11-10(5,12-8)7-9(2,3)4/h8,11H,6-7H2,1-5H3. The van der Waals surface area contributed by atoms with Gasteiger partial charge in [0.25, 0.3) is 0 Å². The zero-order chi connectivity index (χ0) is 9.41. The van der Waals surface area contributed by atoms with E-state index in [2.05, 4.69) is 39.9 Å². The Bertz CT molecular complexity index is 162. The molecule has 0 radical (unpaired) electrons. The summed E-state index contributed by atoms with van der Waals surface area (Å²) in [4.78, 5) is 0. The van der Waals surface area contributed by atoms with Crippen molar-refractivity contribution in [3.8, 4) is 0 Å². The minimum Gasteiger partial charge on any atom is -0.357 e. The maximum Gasteiger partial charge on any atom is 0.117 e. The molecular weight excluding hydrogens is 150 g/mol. The molecule has 1 rings (SSSR count). The minimum atomic E-state index is -0.0995. The topological polar surface area (TPSA) is 21.3 Å². The summed E-state index contributed by atoms with van der Waals surface area (Å²) in [6, 6.07) is 0. The Morgan fingerprint density at radius 3 is 2.42 bits per heavy atom. The molecule has 2 unspecified atom stereocenters. The summed E-state index contributed by atoms with van der Waals surface area (Å²) in [5.74, 6) is 0. The van der Waals surface area contributed by atoms with Crippen LogP contribution in [-0.4, -0.2) is 18.4 Å². The summed E-state index contributed by atoms with van der Waals surface area (Å²) >= 11 is 0. The second-order valence-electron chi connectivity index (χ2n) is 5.28. The number of ether oxygens (including phenoxy) is 1. The lowest BCUT2D eigenvalue weighted by Gasteiger charge is -2.31. The van der Waals surface area contributed by atoms with Gasteiger partial charge in [0.1, 0.15) is 5.72 Å². The van der Waals surface area contributed by atoms with Crippen LogP contribution < -0.4 is 5.32 Å². The monoisotopic (exact) mass is 171 g/mol. The fraction of sp³-hybridized carbons (Fsp3) is 1.00. The van der Waals surface area contributed by atoms with Gasteiger partial charge in [-0.25, -0.2) is 0 Å². The molecule has 0 bridgehead atoms. The summed E-state index contributed by atoms with van der Waals surface area (Å²) in [5, 5.41) is 3.42. The second kappa shape index (κ2) is 3.00. The first kappa shape index (κ1) is 10.0. The zero-order valence-electron chi connectivity index (χ0n) is 8.90. The fourth-order valence-electron chi connectivity index (χ4n) is 2.00. The normalized spacial score (nSPS) is 37.2. The van der Waals surface area contributed by atoms with Crippen molar-refractivity contribution in [2.24, 2.45) is 5.41 Å². The van der Waals surface area contributed by atoms with Gasteiger partial charge >= 0.3 is 0 Å². The van der Waals surface area contributed by atoms with Crippen molar-refractivity contribution in [2.45, 2.75) is 52.9 Å². The Morgan fingerprint density at radius 1 is 1.50 bits per heavy atom. The number of hydrogen-bond donors (Lipinski definition) is 1. The van der Waals surface area contributed by atoms with Gasteiger partial charge in [0.2, 0.25) is 0 Å². The van der Waals surface area contributed by atoms with E-state index >= 15 is 0 Å². The third-order valence-corrected chi connectivity index (χ3v) is 2.09. The van der Waals surface area contributed by atoms with E-state index in [1.54, 1.807) is 0 Å². The molecule has 0 aromatic heterocycles. The van der Waals surface area contributed by atoms with E-state index in [1.165, 1.54) is 0 Å². The molecule has 0 aromatic carbocycles. The van der Waals surface area contributed by atoms with Gasteiger partial charge in [0.05, 0.1) is 6.10 Å². The molecule has 0 spiro atoms. The van der Waals surface area contributed by atoms with Gasteiger partial charge in [0, 0.05) is 6.54 Å². The van der Waals surface area contributed by atoms with Crippen molar-refractivity contribution >= 4 is 0 Å².